The summed E-state index contributed by atoms with van der Waals surface area (Å²) in [4.78, 5) is 5.01. The van der Waals surface area contributed by atoms with Gasteiger partial charge in [-0.15, -0.1) is 0 Å². The molecule has 0 spiro atoms. The SMILES string of the molecule is CCCNC1CCOCC1CN1CCC(CN(C)C)CC1. The minimum atomic E-state index is 0.665. The summed E-state index contributed by atoms with van der Waals surface area (Å²) < 4.78 is 5.73. The molecule has 0 amide bonds. The quantitative estimate of drug-likeness (QED) is 0.773. The molecule has 1 N–H and O–H groups in total. The Bertz CT molecular complexity index is 277. The van der Waals surface area contributed by atoms with Crippen molar-refractivity contribution in [1.82, 2.24) is 15.1 Å². The maximum atomic E-state index is 5.73. The first-order valence-corrected chi connectivity index (χ1v) is 8.87. The smallest absolute Gasteiger partial charge is 0.0521 e. The van der Waals surface area contributed by atoms with Crippen molar-refractivity contribution >= 4 is 0 Å². The number of hydrogen-bond donors (Lipinski definition) is 1. The first kappa shape index (κ1) is 17.2. The molecule has 0 radical (unpaired) electrons. The van der Waals surface area contributed by atoms with Crippen LogP contribution in [-0.2, 0) is 4.74 Å². The Morgan fingerprint density at radius 1 is 1.19 bits per heavy atom. The summed E-state index contributed by atoms with van der Waals surface area (Å²) >= 11 is 0. The molecule has 124 valence electrons. The predicted molar refractivity (Wildman–Crippen MR) is 88.7 cm³/mol. The number of nitrogens with zero attached hydrogens (tertiary/aromatic N) is 2. The van der Waals surface area contributed by atoms with Crippen LogP contribution in [0.1, 0.15) is 32.6 Å². The lowest BCUT2D eigenvalue weighted by atomic mass is 9.92. The van der Waals surface area contributed by atoms with Gasteiger partial charge in [0.05, 0.1) is 6.61 Å². The summed E-state index contributed by atoms with van der Waals surface area (Å²) in [6.45, 7) is 10.3. The lowest BCUT2D eigenvalue weighted by Crippen LogP contribution is -2.49. The minimum Gasteiger partial charge on any atom is -0.381 e. The van der Waals surface area contributed by atoms with E-state index in [0.29, 0.717) is 12.0 Å². The molecule has 2 unspecified atom stereocenters. The minimum absolute atomic E-state index is 0.665. The molecule has 2 rings (SSSR count). The first-order valence-electron chi connectivity index (χ1n) is 8.87. The van der Waals surface area contributed by atoms with Gasteiger partial charge in [-0.1, -0.05) is 6.92 Å². The Hall–Kier alpha value is -0.160. The topological polar surface area (TPSA) is 27.7 Å². The second kappa shape index (κ2) is 9.09. The van der Waals surface area contributed by atoms with Gasteiger partial charge in [0.15, 0.2) is 0 Å². The molecule has 0 bridgehead atoms. The summed E-state index contributed by atoms with van der Waals surface area (Å²) in [6.07, 6.45) is 5.12. The summed E-state index contributed by atoms with van der Waals surface area (Å²) in [6, 6.07) is 0.665. The maximum absolute atomic E-state index is 5.73. The van der Waals surface area contributed by atoms with E-state index in [1.165, 1.54) is 51.9 Å². The first-order chi connectivity index (χ1) is 10.2. The van der Waals surface area contributed by atoms with Crippen molar-refractivity contribution in [1.29, 1.82) is 0 Å². The zero-order valence-electron chi connectivity index (χ0n) is 14.3. The van der Waals surface area contributed by atoms with Gasteiger partial charge in [-0.3, -0.25) is 0 Å². The van der Waals surface area contributed by atoms with Crippen LogP contribution in [0.25, 0.3) is 0 Å². The summed E-state index contributed by atoms with van der Waals surface area (Å²) in [5.41, 5.74) is 0. The molecule has 4 heteroatoms. The number of likely N-dealkylation sites (tertiary alicyclic amines) is 1. The van der Waals surface area contributed by atoms with Crippen molar-refractivity contribution in [2.45, 2.75) is 38.6 Å². The second-order valence-corrected chi connectivity index (χ2v) is 7.19. The Kier molecular flexibility index (Phi) is 7.44. The third kappa shape index (κ3) is 5.85. The maximum Gasteiger partial charge on any atom is 0.0521 e. The van der Waals surface area contributed by atoms with Crippen LogP contribution >= 0.6 is 0 Å². The van der Waals surface area contributed by atoms with E-state index >= 15 is 0 Å². The Labute approximate surface area is 131 Å². The number of hydrogen-bond acceptors (Lipinski definition) is 4. The normalized spacial score (nSPS) is 29.1. The van der Waals surface area contributed by atoms with Gasteiger partial charge in [0.25, 0.3) is 0 Å². The fourth-order valence-electron chi connectivity index (χ4n) is 3.77. The van der Waals surface area contributed by atoms with E-state index in [1.807, 2.05) is 0 Å². The fourth-order valence-corrected chi connectivity index (χ4v) is 3.77. The van der Waals surface area contributed by atoms with E-state index in [4.69, 9.17) is 4.74 Å². The van der Waals surface area contributed by atoms with Crippen LogP contribution in [0.2, 0.25) is 0 Å². The standard InChI is InChI=1S/C17H35N3O/c1-4-8-18-17-7-11-21-14-16(17)13-20-9-5-15(6-10-20)12-19(2)3/h15-18H,4-14H2,1-3H3. The Morgan fingerprint density at radius 3 is 2.62 bits per heavy atom. The molecule has 2 saturated heterocycles. The highest BCUT2D eigenvalue weighted by Crippen LogP contribution is 2.22. The van der Waals surface area contributed by atoms with Crippen LogP contribution in [-0.4, -0.2) is 75.9 Å². The van der Waals surface area contributed by atoms with Crippen molar-refractivity contribution < 1.29 is 4.74 Å². The van der Waals surface area contributed by atoms with Gasteiger partial charge in [0.2, 0.25) is 0 Å². The van der Waals surface area contributed by atoms with Crippen molar-refractivity contribution in [3.63, 3.8) is 0 Å². The van der Waals surface area contributed by atoms with Gasteiger partial charge < -0.3 is 19.9 Å². The molecule has 2 fully saturated rings. The van der Waals surface area contributed by atoms with Gasteiger partial charge >= 0.3 is 0 Å². The molecular formula is C17H35N3O. The molecule has 2 atom stereocenters. The monoisotopic (exact) mass is 297 g/mol. The van der Waals surface area contributed by atoms with E-state index in [9.17, 15) is 0 Å². The molecule has 0 aromatic rings. The van der Waals surface area contributed by atoms with Crippen molar-refractivity contribution in [3.8, 4) is 0 Å². The van der Waals surface area contributed by atoms with Gasteiger partial charge in [-0.25, -0.2) is 0 Å². The largest absolute Gasteiger partial charge is 0.381 e. The van der Waals surface area contributed by atoms with Crippen LogP contribution < -0.4 is 5.32 Å². The number of ether oxygens (including phenoxy) is 1. The van der Waals surface area contributed by atoms with Crippen LogP contribution in [0, 0.1) is 11.8 Å². The highest BCUT2D eigenvalue weighted by Gasteiger charge is 2.28. The molecule has 0 saturated carbocycles. The second-order valence-electron chi connectivity index (χ2n) is 7.19. The van der Waals surface area contributed by atoms with Gasteiger partial charge in [-0.05, 0) is 65.3 Å². The van der Waals surface area contributed by atoms with Crippen molar-refractivity contribution in [2.24, 2.45) is 11.8 Å². The average molecular weight is 297 g/mol. The molecule has 0 aliphatic carbocycles. The van der Waals surface area contributed by atoms with E-state index in [1.54, 1.807) is 0 Å². The van der Waals surface area contributed by atoms with E-state index in [2.05, 4.69) is 36.1 Å². The van der Waals surface area contributed by atoms with Crippen LogP contribution in [0.5, 0.6) is 0 Å². The third-order valence-corrected chi connectivity index (χ3v) is 4.95. The molecule has 21 heavy (non-hydrogen) atoms. The zero-order chi connectivity index (χ0) is 15.1. The number of piperidine rings is 1. The predicted octanol–water partition coefficient (Wildman–Crippen LogP) is 1.66. The average Bonchev–Trinajstić information content (AvgIpc) is 2.48. The van der Waals surface area contributed by atoms with Gasteiger partial charge in [0.1, 0.15) is 0 Å². The highest BCUT2D eigenvalue weighted by atomic mass is 16.5. The summed E-state index contributed by atoms with van der Waals surface area (Å²) in [5.74, 6) is 1.57. The molecule has 0 aromatic carbocycles. The van der Waals surface area contributed by atoms with Crippen LogP contribution in [0.3, 0.4) is 0 Å². The number of nitrogens with one attached hydrogen (secondary N) is 1. The fraction of sp³-hybridized carbons (Fsp3) is 1.00. The van der Waals surface area contributed by atoms with E-state index in [-0.39, 0.29) is 0 Å². The highest BCUT2D eigenvalue weighted by molar-refractivity contribution is 4.84. The van der Waals surface area contributed by atoms with Gasteiger partial charge in [0, 0.05) is 31.7 Å². The Morgan fingerprint density at radius 2 is 1.95 bits per heavy atom. The zero-order valence-corrected chi connectivity index (χ0v) is 14.3. The van der Waals surface area contributed by atoms with Crippen molar-refractivity contribution in [3.05, 3.63) is 0 Å². The molecular weight excluding hydrogens is 262 g/mol. The van der Waals surface area contributed by atoms with E-state index in [0.717, 1.165) is 25.7 Å². The van der Waals surface area contributed by atoms with Crippen molar-refractivity contribution in [2.75, 3.05) is 60.0 Å². The lowest BCUT2D eigenvalue weighted by molar-refractivity contribution is 0.0112. The van der Waals surface area contributed by atoms with Crippen LogP contribution in [0.4, 0.5) is 0 Å². The summed E-state index contributed by atoms with van der Waals surface area (Å²) in [5, 5.41) is 3.73. The molecule has 4 nitrogen and oxygen atoms in total. The molecule has 2 heterocycles. The van der Waals surface area contributed by atoms with Gasteiger partial charge in [-0.2, -0.15) is 0 Å². The van der Waals surface area contributed by atoms with E-state index < -0.39 is 0 Å². The lowest BCUT2D eigenvalue weighted by Gasteiger charge is -2.39. The van der Waals surface area contributed by atoms with Crippen LogP contribution in [0.15, 0.2) is 0 Å². The molecule has 2 aliphatic rings. The number of rotatable bonds is 7. The third-order valence-electron chi connectivity index (χ3n) is 4.95. The summed E-state index contributed by atoms with van der Waals surface area (Å²) in [7, 11) is 4.38. The Balaban J connectivity index is 1.73. The molecule has 2 aliphatic heterocycles. The molecule has 0 aromatic heterocycles.